The highest BCUT2D eigenvalue weighted by Crippen LogP contribution is 2.40. The molecule has 158 valence electrons. The maximum Gasteiger partial charge on any atom is 0.267 e. The van der Waals surface area contributed by atoms with Gasteiger partial charge in [-0.25, -0.2) is 4.90 Å². The predicted octanol–water partition coefficient (Wildman–Crippen LogP) is 5.93. The number of carbonyl (C=O) groups excluding carboxylic acids is 2. The topological polar surface area (TPSA) is 66.6 Å². The van der Waals surface area contributed by atoms with E-state index in [0.717, 1.165) is 11.4 Å². The molecule has 0 bridgehead atoms. The van der Waals surface area contributed by atoms with Crippen LogP contribution in [-0.4, -0.2) is 11.8 Å². The molecule has 5 nitrogen and oxygen atoms in total. The first-order valence-corrected chi connectivity index (χ1v) is 10.3. The molecule has 2 N–H and O–H groups in total. The number of nitrogens with two attached hydrogens (primary N) is 1. The summed E-state index contributed by atoms with van der Waals surface area (Å²) in [5.74, 6) is -0.865. The van der Waals surface area contributed by atoms with Gasteiger partial charge in [0.2, 0.25) is 5.91 Å². The molecule has 0 unspecified atom stereocenters. The maximum absolute atomic E-state index is 13.5. The van der Waals surface area contributed by atoms with Crippen molar-refractivity contribution in [3.8, 4) is 0 Å². The fraction of sp³-hybridized carbons (Fsp3) is 0.0370. The van der Waals surface area contributed by atoms with Crippen molar-refractivity contribution >= 4 is 40.3 Å². The highest BCUT2D eigenvalue weighted by atomic mass is 16.2. The van der Waals surface area contributed by atoms with Gasteiger partial charge in [0.15, 0.2) is 0 Å². The Kier molecular flexibility index (Phi) is 5.99. The van der Waals surface area contributed by atoms with Crippen molar-refractivity contribution in [2.75, 3.05) is 15.5 Å². The maximum atomic E-state index is 13.5. The fourth-order valence-corrected chi connectivity index (χ4v) is 3.66. The number of amides is 2. The van der Waals surface area contributed by atoms with Crippen LogP contribution < -0.4 is 15.5 Å². The molecule has 0 fully saturated rings. The van der Waals surface area contributed by atoms with E-state index in [0.29, 0.717) is 17.1 Å². The Balaban J connectivity index is 1.90. The molecule has 0 spiro atoms. The second-order valence-electron chi connectivity index (χ2n) is 7.24. The normalized spacial score (nSPS) is 10.4. The number of nitrogen functional groups attached to an aromatic ring is 1. The largest absolute Gasteiger partial charge is 0.398 e. The van der Waals surface area contributed by atoms with Gasteiger partial charge < -0.3 is 10.6 Å². The van der Waals surface area contributed by atoms with Crippen LogP contribution in [-0.2, 0) is 4.79 Å². The van der Waals surface area contributed by atoms with Gasteiger partial charge in [0, 0.05) is 24.0 Å². The Bertz CT molecular complexity index is 1200. The summed E-state index contributed by atoms with van der Waals surface area (Å²) in [6.45, 7) is 1.38. The van der Waals surface area contributed by atoms with Crippen molar-refractivity contribution in [3.05, 3.63) is 115 Å². The number of anilines is 5. The molecule has 0 aromatic heterocycles. The summed E-state index contributed by atoms with van der Waals surface area (Å²) in [6, 6.07) is 33.8. The minimum absolute atomic E-state index is 0.281. The first kappa shape index (κ1) is 20.9. The summed E-state index contributed by atoms with van der Waals surface area (Å²) in [4.78, 5) is 29.4. The van der Waals surface area contributed by atoms with Crippen molar-refractivity contribution in [1.82, 2.24) is 0 Å². The average Bonchev–Trinajstić information content (AvgIpc) is 2.82. The zero-order valence-corrected chi connectivity index (χ0v) is 17.7. The molecule has 0 aliphatic heterocycles. The number of hydrogen-bond donors (Lipinski definition) is 1. The van der Waals surface area contributed by atoms with Gasteiger partial charge in [-0.05, 0) is 48.5 Å². The summed E-state index contributed by atoms with van der Waals surface area (Å²) in [5.41, 5.74) is 9.63. The third-order valence-electron chi connectivity index (χ3n) is 5.10. The first-order chi connectivity index (χ1) is 15.6. The van der Waals surface area contributed by atoms with E-state index in [9.17, 15) is 9.59 Å². The Morgan fingerprint density at radius 1 is 0.625 bits per heavy atom. The Morgan fingerprint density at radius 3 is 1.62 bits per heavy atom. The smallest absolute Gasteiger partial charge is 0.267 e. The van der Waals surface area contributed by atoms with E-state index in [2.05, 4.69) is 0 Å². The van der Waals surface area contributed by atoms with Gasteiger partial charge in [0.05, 0.1) is 16.9 Å². The number of hydrogen-bond acceptors (Lipinski definition) is 4. The lowest BCUT2D eigenvalue weighted by Gasteiger charge is -2.30. The molecule has 0 radical (unpaired) electrons. The zero-order chi connectivity index (χ0) is 22.5. The van der Waals surface area contributed by atoms with Crippen LogP contribution >= 0.6 is 0 Å². The zero-order valence-electron chi connectivity index (χ0n) is 17.7. The Morgan fingerprint density at radius 2 is 1.09 bits per heavy atom. The number of nitrogens with zero attached hydrogens (tertiary/aromatic N) is 2. The molecule has 4 rings (SSSR count). The van der Waals surface area contributed by atoms with E-state index in [4.69, 9.17) is 5.73 Å². The summed E-state index contributed by atoms with van der Waals surface area (Å²) < 4.78 is 0. The Labute approximate surface area is 187 Å². The van der Waals surface area contributed by atoms with Gasteiger partial charge in [-0.1, -0.05) is 60.7 Å². The second-order valence-corrected chi connectivity index (χ2v) is 7.24. The van der Waals surface area contributed by atoms with Crippen LogP contribution in [0.25, 0.3) is 0 Å². The molecule has 0 heterocycles. The molecule has 2 amide bonds. The summed E-state index contributed by atoms with van der Waals surface area (Å²) >= 11 is 0. The molecule has 5 heteroatoms. The molecular formula is C27H23N3O2. The lowest BCUT2D eigenvalue weighted by molar-refractivity contribution is -0.115. The van der Waals surface area contributed by atoms with Crippen LogP contribution in [0.15, 0.2) is 109 Å². The number of benzene rings is 4. The van der Waals surface area contributed by atoms with Crippen molar-refractivity contribution in [2.45, 2.75) is 6.92 Å². The summed E-state index contributed by atoms with van der Waals surface area (Å²) in [5, 5.41) is 0. The minimum Gasteiger partial charge on any atom is -0.398 e. The quantitative estimate of drug-likeness (QED) is 0.406. The molecule has 0 atom stereocenters. The van der Waals surface area contributed by atoms with Crippen LogP contribution in [0.5, 0.6) is 0 Å². The van der Waals surface area contributed by atoms with Crippen molar-refractivity contribution in [3.63, 3.8) is 0 Å². The van der Waals surface area contributed by atoms with Crippen molar-refractivity contribution < 1.29 is 9.59 Å². The molecule has 4 aromatic rings. The van der Waals surface area contributed by atoms with Crippen LogP contribution in [0.4, 0.5) is 28.4 Å². The molecule has 4 aromatic carbocycles. The van der Waals surface area contributed by atoms with Gasteiger partial charge in [-0.15, -0.1) is 0 Å². The molecule has 0 aliphatic carbocycles. The average molecular weight is 422 g/mol. The van der Waals surface area contributed by atoms with E-state index in [1.54, 1.807) is 30.3 Å². The van der Waals surface area contributed by atoms with Crippen molar-refractivity contribution in [1.29, 1.82) is 0 Å². The third-order valence-corrected chi connectivity index (χ3v) is 5.10. The molecule has 0 saturated heterocycles. The predicted molar refractivity (Wildman–Crippen MR) is 129 cm³/mol. The molecule has 32 heavy (non-hydrogen) atoms. The van der Waals surface area contributed by atoms with Crippen LogP contribution in [0.1, 0.15) is 17.3 Å². The van der Waals surface area contributed by atoms with E-state index in [1.165, 1.54) is 11.8 Å². The van der Waals surface area contributed by atoms with Crippen molar-refractivity contribution in [2.24, 2.45) is 0 Å². The van der Waals surface area contributed by atoms with Crippen LogP contribution in [0.2, 0.25) is 0 Å². The van der Waals surface area contributed by atoms with E-state index < -0.39 is 11.8 Å². The number of imide groups is 1. The highest BCUT2D eigenvalue weighted by Gasteiger charge is 2.27. The van der Waals surface area contributed by atoms with E-state index in [-0.39, 0.29) is 5.56 Å². The fourth-order valence-electron chi connectivity index (χ4n) is 3.66. The number of carbonyl (C=O) groups is 2. The van der Waals surface area contributed by atoms with Gasteiger partial charge in [-0.2, -0.15) is 0 Å². The second kappa shape index (κ2) is 9.18. The first-order valence-electron chi connectivity index (χ1n) is 10.3. The van der Waals surface area contributed by atoms with Crippen LogP contribution in [0, 0.1) is 0 Å². The standard InChI is InChI=1S/C27H23N3O2/c1-20(31)29(27(32)23-16-8-9-17-24(23)28)25-18-10-11-19-26(25)30(21-12-4-2-5-13-21)22-14-6-3-7-15-22/h2-19H,28H2,1H3. The van der Waals surface area contributed by atoms with Gasteiger partial charge in [0.25, 0.3) is 5.91 Å². The molecule has 0 saturated carbocycles. The lowest BCUT2D eigenvalue weighted by Crippen LogP contribution is -2.36. The summed E-state index contributed by atoms with van der Waals surface area (Å²) in [6.07, 6.45) is 0. The van der Waals surface area contributed by atoms with E-state index >= 15 is 0 Å². The number of para-hydroxylation sites is 5. The highest BCUT2D eigenvalue weighted by molar-refractivity contribution is 6.23. The van der Waals surface area contributed by atoms with Crippen LogP contribution in [0.3, 0.4) is 0 Å². The number of rotatable bonds is 5. The molecule has 0 aliphatic rings. The van der Waals surface area contributed by atoms with Gasteiger partial charge >= 0.3 is 0 Å². The SMILES string of the molecule is CC(=O)N(C(=O)c1ccccc1N)c1ccccc1N(c1ccccc1)c1ccccc1. The monoisotopic (exact) mass is 421 g/mol. The summed E-state index contributed by atoms with van der Waals surface area (Å²) in [7, 11) is 0. The molecular weight excluding hydrogens is 398 g/mol. The Hall–Kier alpha value is -4.38. The van der Waals surface area contributed by atoms with Gasteiger partial charge in [-0.3, -0.25) is 9.59 Å². The van der Waals surface area contributed by atoms with Gasteiger partial charge in [0.1, 0.15) is 0 Å². The minimum atomic E-state index is -0.468. The lowest BCUT2D eigenvalue weighted by atomic mass is 10.1. The third kappa shape index (κ3) is 4.09. The van der Waals surface area contributed by atoms with E-state index in [1.807, 2.05) is 83.8 Å².